The molecule has 4 heteroatoms. The highest BCUT2D eigenvalue weighted by atomic mass is 16.6. The summed E-state index contributed by atoms with van der Waals surface area (Å²) in [5.41, 5.74) is 2.56. The highest BCUT2D eigenvalue weighted by Crippen LogP contribution is 2.21. The van der Waals surface area contributed by atoms with Gasteiger partial charge < -0.3 is 9.47 Å². The minimum Gasteiger partial charge on any atom is -0.465 e. The summed E-state index contributed by atoms with van der Waals surface area (Å²) in [5.74, 6) is -1.09. The van der Waals surface area contributed by atoms with Gasteiger partial charge in [-0.1, -0.05) is 74.5 Å². The van der Waals surface area contributed by atoms with Crippen molar-refractivity contribution in [3.8, 4) is 0 Å². The smallest absolute Gasteiger partial charge is 0.320 e. The molecule has 0 aliphatic rings. The molecule has 2 aromatic rings. The maximum atomic E-state index is 12.1. The Balaban J connectivity index is 1.59. The first-order valence-corrected chi connectivity index (χ1v) is 10.9. The summed E-state index contributed by atoms with van der Waals surface area (Å²) < 4.78 is 10.5. The van der Waals surface area contributed by atoms with Crippen molar-refractivity contribution in [2.24, 2.45) is 5.92 Å². The van der Waals surface area contributed by atoms with Crippen molar-refractivity contribution in [2.45, 2.75) is 58.3 Å². The van der Waals surface area contributed by atoms with Gasteiger partial charge in [-0.2, -0.15) is 0 Å². The fourth-order valence-electron chi connectivity index (χ4n) is 3.37. The zero-order chi connectivity index (χ0) is 21.8. The lowest BCUT2D eigenvalue weighted by atomic mass is 9.96. The molecule has 2 rings (SSSR count). The zero-order valence-corrected chi connectivity index (χ0v) is 18.4. The van der Waals surface area contributed by atoms with E-state index in [2.05, 4.69) is 38.1 Å². The number of ether oxygens (including phenoxy) is 2. The molecule has 0 saturated carbocycles. The van der Waals surface area contributed by atoms with E-state index in [1.54, 1.807) is 6.92 Å². The van der Waals surface area contributed by atoms with E-state index in [1.807, 2.05) is 36.4 Å². The van der Waals surface area contributed by atoms with Crippen LogP contribution in [0.4, 0.5) is 0 Å². The highest BCUT2D eigenvalue weighted by molar-refractivity contribution is 5.94. The molecule has 0 spiro atoms. The van der Waals surface area contributed by atoms with Crippen LogP contribution >= 0.6 is 0 Å². The molecule has 0 heterocycles. The summed E-state index contributed by atoms with van der Waals surface area (Å²) in [7, 11) is 0. The number of carbonyl (C=O) groups is 2. The van der Waals surface area contributed by atoms with Gasteiger partial charge in [0, 0.05) is 0 Å². The summed E-state index contributed by atoms with van der Waals surface area (Å²) in [4.78, 5) is 24.2. The van der Waals surface area contributed by atoms with E-state index in [4.69, 9.17) is 9.47 Å². The Kier molecular flexibility index (Phi) is 10.1. The molecule has 0 saturated heterocycles. The largest absolute Gasteiger partial charge is 0.465 e. The summed E-state index contributed by atoms with van der Waals surface area (Å²) >= 11 is 0. The standard InChI is InChI=1S/C26H34O4/c1-20(23-14-6-4-7-15-23)12-10-18-29-25(27)22(3)26(28)30-19-11-13-21(2)24-16-8-5-9-17-24/h4-9,14-17,20-22H,10-13,18-19H2,1-3H3. The minimum absolute atomic E-state index is 0.322. The molecule has 162 valence electrons. The molecule has 0 radical (unpaired) electrons. The molecular weight excluding hydrogens is 376 g/mol. The third-order valence-electron chi connectivity index (χ3n) is 5.50. The molecule has 0 N–H and O–H groups in total. The van der Waals surface area contributed by atoms with Crippen LogP contribution in [-0.4, -0.2) is 25.2 Å². The SMILES string of the molecule is CC(C(=O)OCCCC(C)c1ccccc1)C(=O)OCCCC(C)c1ccccc1. The van der Waals surface area contributed by atoms with E-state index in [9.17, 15) is 9.59 Å². The van der Waals surface area contributed by atoms with Gasteiger partial charge >= 0.3 is 11.9 Å². The van der Waals surface area contributed by atoms with E-state index in [1.165, 1.54) is 11.1 Å². The van der Waals surface area contributed by atoms with Crippen LogP contribution in [0.1, 0.15) is 69.4 Å². The van der Waals surface area contributed by atoms with Gasteiger partial charge in [0.25, 0.3) is 0 Å². The van der Waals surface area contributed by atoms with Gasteiger partial charge in [0.15, 0.2) is 5.92 Å². The molecule has 0 aliphatic carbocycles. The van der Waals surface area contributed by atoms with Crippen LogP contribution < -0.4 is 0 Å². The Morgan fingerprint density at radius 3 is 1.40 bits per heavy atom. The quantitative estimate of drug-likeness (QED) is 0.249. The van der Waals surface area contributed by atoms with Crippen molar-refractivity contribution >= 4 is 11.9 Å². The number of esters is 2. The monoisotopic (exact) mass is 410 g/mol. The molecule has 0 aromatic heterocycles. The van der Waals surface area contributed by atoms with Gasteiger partial charge in [-0.3, -0.25) is 9.59 Å². The van der Waals surface area contributed by atoms with Crippen LogP contribution in [0, 0.1) is 5.92 Å². The van der Waals surface area contributed by atoms with Crippen LogP contribution in [0.15, 0.2) is 60.7 Å². The molecule has 4 nitrogen and oxygen atoms in total. The first-order chi connectivity index (χ1) is 14.5. The van der Waals surface area contributed by atoms with Crippen molar-refractivity contribution in [1.82, 2.24) is 0 Å². The van der Waals surface area contributed by atoms with Crippen LogP contribution in [0.2, 0.25) is 0 Å². The van der Waals surface area contributed by atoms with Gasteiger partial charge in [-0.05, 0) is 55.6 Å². The number of hydrogen-bond acceptors (Lipinski definition) is 4. The Labute approximate surface area is 180 Å². The molecule has 0 bridgehead atoms. The van der Waals surface area contributed by atoms with E-state index in [0.29, 0.717) is 25.0 Å². The number of benzene rings is 2. The first kappa shape index (κ1) is 23.7. The number of carbonyl (C=O) groups excluding carboxylic acids is 2. The predicted molar refractivity (Wildman–Crippen MR) is 119 cm³/mol. The van der Waals surface area contributed by atoms with Crippen molar-refractivity contribution in [1.29, 1.82) is 0 Å². The van der Waals surface area contributed by atoms with Gasteiger partial charge in [-0.25, -0.2) is 0 Å². The van der Waals surface area contributed by atoms with Crippen LogP contribution in [0.25, 0.3) is 0 Å². The molecule has 0 aliphatic heterocycles. The van der Waals surface area contributed by atoms with E-state index >= 15 is 0 Å². The molecule has 0 fully saturated rings. The van der Waals surface area contributed by atoms with Crippen molar-refractivity contribution in [3.63, 3.8) is 0 Å². The maximum absolute atomic E-state index is 12.1. The lowest BCUT2D eigenvalue weighted by Crippen LogP contribution is -2.26. The maximum Gasteiger partial charge on any atom is 0.320 e. The topological polar surface area (TPSA) is 52.6 Å². The summed E-state index contributed by atoms with van der Waals surface area (Å²) in [6.07, 6.45) is 3.38. The number of hydrogen-bond donors (Lipinski definition) is 0. The van der Waals surface area contributed by atoms with Gasteiger partial charge in [-0.15, -0.1) is 0 Å². The fraction of sp³-hybridized carbons (Fsp3) is 0.462. The van der Waals surface area contributed by atoms with E-state index < -0.39 is 17.9 Å². The normalized spacial score (nSPS) is 13.8. The van der Waals surface area contributed by atoms with Crippen LogP contribution in [-0.2, 0) is 19.1 Å². The average molecular weight is 411 g/mol. The van der Waals surface area contributed by atoms with Crippen molar-refractivity contribution in [3.05, 3.63) is 71.8 Å². The van der Waals surface area contributed by atoms with Gasteiger partial charge in [0.1, 0.15) is 0 Å². The Morgan fingerprint density at radius 2 is 1.03 bits per heavy atom. The number of rotatable bonds is 12. The minimum atomic E-state index is -0.886. The van der Waals surface area contributed by atoms with E-state index in [-0.39, 0.29) is 0 Å². The second kappa shape index (κ2) is 12.8. The second-order valence-electron chi connectivity index (χ2n) is 7.96. The molecule has 2 aromatic carbocycles. The summed E-state index contributed by atoms with van der Waals surface area (Å²) in [6.45, 7) is 6.51. The van der Waals surface area contributed by atoms with E-state index in [0.717, 1.165) is 25.7 Å². The zero-order valence-electron chi connectivity index (χ0n) is 18.4. The summed E-state index contributed by atoms with van der Waals surface area (Å²) in [6, 6.07) is 20.5. The Morgan fingerprint density at radius 1 is 0.667 bits per heavy atom. The van der Waals surface area contributed by atoms with Gasteiger partial charge in [0.2, 0.25) is 0 Å². The molecule has 30 heavy (non-hydrogen) atoms. The van der Waals surface area contributed by atoms with Crippen molar-refractivity contribution < 1.29 is 19.1 Å². The third kappa shape index (κ3) is 8.02. The highest BCUT2D eigenvalue weighted by Gasteiger charge is 2.24. The predicted octanol–water partition coefficient (Wildman–Crippen LogP) is 5.88. The Hall–Kier alpha value is -2.62. The van der Waals surface area contributed by atoms with Crippen LogP contribution in [0.3, 0.4) is 0 Å². The van der Waals surface area contributed by atoms with Gasteiger partial charge in [0.05, 0.1) is 13.2 Å². The fourth-order valence-corrected chi connectivity index (χ4v) is 3.37. The molecule has 2 unspecified atom stereocenters. The van der Waals surface area contributed by atoms with Crippen molar-refractivity contribution in [2.75, 3.05) is 13.2 Å². The van der Waals surface area contributed by atoms with Crippen LogP contribution in [0.5, 0.6) is 0 Å². The average Bonchev–Trinajstić information content (AvgIpc) is 2.79. The molecular formula is C26H34O4. The second-order valence-corrected chi connectivity index (χ2v) is 7.96. The lowest BCUT2D eigenvalue weighted by Gasteiger charge is -2.14. The first-order valence-electron chi connectivity index (χ1n) is 10.9. The third-order valence-corrected chi connectivity index (χ3v) is 5.50. The molecule has 2 atom stereocenters. The summed E-state index contributed by atoms with van der Waals surface area (Å²) in [5, 5.41) is 0. The Bertz CT molecular complexity index is 692. The molecule has 0 amide bonds. The lowest BCUT2D eigenvalue weighted by molar-refractivity contribution is -0.161.